The minimum Gasteiger partial charge on any atom is -0.327 e. The Bertz CT molecular complexity index is 330. The fourth-order valence-corrected chi connectivity index (χ4v) is 1.92. The summed E-state index contributed by atoms with van der Waals surface area (Å²) in [4.78, 5) is 2.18. The molecule has 0 amide bonds. The van der Waals surface area contributed by atoms with E-state index in [9.17, 15) is 0 Å². The molecule has 1 aromatic rings. The zero-order valence-electron chi connectivity index (χ0n) is 11.6. The molecular weight excluding hydrogens is 212 g/mol. The van der Waals surface area contributed by atoms with Gasteiger partial charge in [0.15, 0.2) is 0 Å². The molecule has 1 aromatic heterocycles. The van der Waals surface area contributed by atoms with Crippen LogP contribution < -0.4 is 5.73 Å². The van der Waals surface area contributed by atoms with Crippen molar-refractivity contribution in [2.75, 3.05) is 20.6 Å². The number of aryl methyl sites for hydroxylation is 2. The molecule has 17 heavy (non-hydrogen) atoms. The van der Waals surface area contributed by atoms with Gasteiger partial charge in [-0.1, -0.05) is 6.92 Å². The number of aromatic nitrogens is 2. The Hall–Kier alpha value is -0.870. The standard InChI is InChI=1S/C13H26N4/c1-5-12-10-13(17(6-2)15-12)9-11(14)7-8-16(3)4/h10-11H,5-9,14H2,1-4H3. The van der Waals surface area contributed by atoms with Crippen LogP contribution in [0.4, 0.5) is 0 Å². The van der Waals surface area contributed by atoms with E-state index in [0.29, 0.717) is 0 Å². The van der Waals surface area contributed by atoms with Gasteiger partial charge in [0.25, 0.3) is 0 Å². The number of nitrogens with zero attached hydrogens (tertiary/aromatic N) is 3. The molecule has 0 aliphatic carbocycles. The van der Waals surface area contributed by atoms with Crippen molar-refractivity contribution in [1.82, 2.24) is 14.7 Å². The summed E-state index contributed by atoms with van der Waals surface area (Å²) in [6, 6.07) is 2.42. The lowest BCUT2D eigenvalue weighted by atomic mass is 10.1. The van der Waals surface area contributed by atoms with Crippen molar-refractivity contribution in [2.24, 2.45) is 5.73 Å². The quantitative estimate of drug-likeness (QED) is 0.778. The first-order valence-corrected chi connectivity index (χ1v) is 6.52. The highest BCUT2D eigenvalue weighted by molar-refractivity contribution is 5.11. The Morgan fingerprint density at radius 3 is 2.65 bits per heavy atom. The molecule has 98 valence electrons. The SMILES string of the molecule is CCc1cc(CC(N)CCN(C)C)n(CC)n1. The molecule has 1 unspecified atom stereocenters. The van der Waals surface area contributed by atoms with Crippen LogP contribution in [-0.4, -0.2) is 41.4 Å². The Balaban J connectivity index is 2.57. The first-order valence-electron chi connectivity index (χ1n) is 6.52. The Morgan fingerprint density at radius 1 is 1.41 bits per heavy atom. The van der Waals surface area contributed by atoms with Crippen molar-refractivity contribution in [3.05, 3.63) is 17.5 Å². The molecule has 0 aliphatic heterocycles. The summed E-state index contributed by atoms with van der Waals surface area (Å²) < 4.78 is 2.08. The molecule has 0 aliphatic rings. The molecule has 1 heterocycles. The molecule has 0 saturated heterocycles. The molecule has 4 nitrogen and oxygen atoms in total. The molecular formula is C13H26N4. The predicted octanol–water partition coefficient (Wildman–Crippen LogP) is 1.29. The van der Waals surface area contributed by atoms with Crippen LogP contribution in [0.15, 0.2) is 6.07 Å². The third-order valence-electron chi connectivity index (χ3n) is 2.99. The largest absolute Gasteiger partial charge is 0.327 e. The van der Waals surface area contributed by atoms with Gasteiger partial charge < -0.3 is 10.6 Å². The maximum absolute atomic E-state index is 6.16. The second-order valence-electron chi connectivity index (χ2n) is 4.85. The molecule has 1 rings (SSSR count). The van der Waals surface area contributed by atoms with Gasteiger partial charge in [0.2, 0.25) is 0 Å². The van der Waals surface area contributed by atoms with E-state index < -0.39 is 0 Å². The highest BCUT2D eigenvalue weighted by atomic mass is 15.3. The lowest BCUT2D eigenvalue weighted by Gasteiger charge is -2.15. The predicted molar refractivity (Wildman–Crippen MR) is 72.1 cm³/mol. The van der Waals surface area contributed by atoms with E-state index in [1.807, 2.05) is 0 Å². The van der Waals surface area contributed by atoms with E-state index in [1.54, 1.807) is 0 Å². The maximum Gasteiger partial charge on any atom is 0.0624 e. The summed E-state index contributed by atoms with van der Waals surface area (Å²) in [6.07, 6.45) is 2.95. The van der Waals surface area contributed by atoms with Crippen molar-refractivity contribution < 1.29 is 0 Å². The molecule has 0 spiro atoms. The highest BCUT2D eigenvalue weighted by Gasteiger charge is 2.10. The average Bonchev–Trinajstić information content (AvgIpc) is 2.68. The van der Waals surface area contributed by atoms with Crippen LogP contribution in [0, 0.1) is 0 Å². The average molecular weight is 238 g/mol. The minimum absolute atomic E-state index is 0.226. The van der Waals surface area contributed by atoms with Crippen LogP contribution in [0.3, 0.4) is 0 Å². The van der Waals surface area contributed by atoms with Crippen LogP contribution in [0.5, 0.6) is 0 Å². The number of hydrogen-bond donors (Lipinski definition) is 1. The molecule has 2 N–H and O–H groups in total. The minimum atomic E-state index is 0.226. The highest BCUT2D eigenvalue weighted by Crippen LogP contribution is 2.09. The second kappa shape index (κ2) is 6.77. The Labute approximate surface area is 105 Å². The second-order valence-corrected chi connectivity index (χ2v) is 4.85. The van der Waals surface area contributed by atoms with E-state index in [1.165, 1.54) is 11.4 Å². The summed E-state index contributed by atoms with van der Waals surface area (Å²) >= 11 is 0. The third kappa shape index (κ3) is 4.48. The lowest BCUT2D eigenvalue weighted by molar-refractivity contribution is 0.377. The van der Waals surface area contributed by atoms with Crippen LogP contribution in [0.1, 0.15) is 31.7 Å². The fourth-order valence-electron chi connectivity index (χ4n) is 1.92. The van der Waals surface area contributed by atoms with Gasteiger partial charge in [0.1, 0.15) is 0 Å². The monoisotopic (exact) mass is 238 g/mol. The third-order valence-corrected chi connectivity index (χ3v) is 2.99. The van der Waals surface area contributed by atoms with Gasteiger partial charge in [-0.25, -0.2) is 0 Å². The van der Waals surface area contributed by atoms with Gasteiger partial charge in [-0.15, -0.1) is 0 Å². The Kier molecular flexibility index (Phi) is 5.65. The van der Waals surface area contributed by atoms with Crippen molar-refractivity contribution in [1.29, 1.82) is 0 Å². The van der Waals surface area contributed by atoms with E-state index >= 15 is 0 Å². The zero-order chi connectivity index (χ0) is 12.8. The van der Waals surface area contributed by atoms with Gasteiger partial charge in [-0.2, -0.15) is 5.10 Å². The van der Waals surface area contributed by atoms with Crippen LogP contribution >= 0.6 is 0 Å². The topological polar surface area (TPSA) is 47.1 Å². The van der Waals surface area contributed by atoms with Crippen LogP contribution in [0.2, 0.25) is 0 Å². The van der Waals surface area contributed by atoms with Gasteiger partial charge in [0, 0.05) is 24.7 Å². The van der Waals surface area contributed by atoms with Gasteiger partial charge in [0.05, 0.1) is 5.69 Å². The number of rotatable bonds is 7. The van der Waals surface area contributed by atoms with Gasteiger partial charge in [-0.05, 0) is 46.5 Å². The molecule has 0 saturated carbocycles. The molecule has 0 fully saturated rings. The first-order chi connectivity index (χ1) is 8.06. The Morgan fingerprint density at radius 2 is 2.12 bits per heavy atom. The summed E-state index contributed by atoms with van der Waals surface area (Å²) in [6.45, 7) is 6.23. The van der Waals surface area contributed by atoms with E-state index in [2.05, 4.69) is 48.7 Å². The fraction of sp³-hybridized carbons (Fsp3) is 0.769. The van der Waals surface area contributed by atoms with E-state index in [-0.39, 0.29) is 6.04 Å². The van der Waals surface area contributed by atoms with E-state index in [0.717, 1.165) is 32.4 Å². The summed E-state index contributed by atoms with van der Waals surface area (Å²) in [7, 11) is 4.16. The zero-order valence-corrected chi connectivity index (χ0v) is 11.6. The maximum atomic E-state index is 6.16. The molecule has 4 heteroatoms. The van der Waals surface area contributed by atoms with E-state index in [4.69, 9.17) is 5.73 Å². The van der Waals surface area contributed by atoms with Gasteiger partial charge in [-0.3, -0.25) is 4.68 Å². The summed E-state index contributed by atoms with van der Waals surface area (Å²) in [5.74, 6) is 0. The lowest BCUT2D eigenvalue weighted by Crippen LogP contribution is -2.29. The molecule has 0 bridgehead atoms. The first kappa shape index (κ1) is 14.2. The molecule has 1 atom stereocenters. The van der Waals surface area contributed by atoms with Crippen molar-refractivity contribution in [3.8, 4) is 0 Å². The van der Waals surface area contributed by atoms with Crippen molar-refractivity contribution in [2.45, 2.75) is 45.7 Å². The summed E-state index contributed by atoms with van der Waals surface area (Å²) in [5, 5.41) is 4.55. The summed E-state index contributed by atoms with van der Waals surface area (Å²) in [5.41, 5.74) is 8.60. The smallest absolute Gasteiger partial charge is 0.0624 e. The molecule has 0 radical (unpaired) electrons. The number of nitrogens with two attached hydrogens (primary N) is 1. The van der Waals surface area contributed by atoms with Crippen molar-refractivity contribution >= 4 is 0 Å². The molecule has 0 aromatic carbocycles. The van der Waals surface area contributed by atoms with Crippen LogP contribution in [-0.2, 0) is 19.4 Å². The van der Waals surface area contributed by atoms with Crippen LogP contribution in [0.25, 0.3) is 0 Å². The normalized spacial score (nSPS) is 13.3. The number of hydrogen-bond acceptors (Lipinski definition) is 3. The van der Waals surface area contributed by atoms with Crippen molar-refractivity contribution in [3.63, 3.8) is 0 Å². The van der Waals surface area contributed by atoms with Gasteiger partial charge >= 0.3 is 0 Å².